The van der Waals surface area contributed by atoms with Crippen molar-refractivity contribution in [1.82, 2.24) is 9.80 Å². The van der Waals surface area contributed by atoms with E-state index in [-0.39, 0.29) is 18.3 Å². The van der Waals surface area contributed by atoms with E-state index in [0.29, 0.717) is 4.75 Å². The van der Waals surface area contributed by atoms with Crippen LogP contribution in [0.5, 0.6) is 0 Å². The van der Waals surface area contributed by atoms with Crippen LogP contribution >= 0.6 is 11.8 Å². The molecule has 0 bridgehead atoms. The van der Waals surface area contributed by atoms with Crippen molar-refractivity contribution in [3.05, 3.63) is 0 Å². The third kappa shape index (κ3) is 5.08. The van der Waals surface area contributed by atoms with E-state index in [1.54, 1.807) is 0 Å². The number of morpholine rings is 1. The molecule has 0 radical (unpaired) electrons. The van der Waals surface area contributed by atoms with E-state index < -0.39 is 0 Å². The van der Waals surface area contributed by atoms with Crippen LogP contribution in [-0.2, 0) is 4.74 Å². The summed E-state index contributed by atoms with van der Waals surface area (Å²) in [5, 5.41) is 10.6. The number of rotatable bonds is 4. The number of β-amino-alcohol motifs (C(OH)–C–C–N with tert-alkyl or cyclic N) is 1. The van der Waals surface area contributed by atoms with Gasteiger partial charge < -0.3 is 9.84 Å². The Morgan fingerprint density at radius 2 is 1.74 bits per heavy atom. The molecule has 5 heteroatoms. The molecule has 1 N–H and O–H groups in total. The Kier molecular flexibility index (Phi) is 6.30. The van der Waals surface area contributed by atoms with Gasteiger partial charge in [-0.1, -0.05) is 19.3 Å². The first-order valence-electron chi connectivity index (χ1n) is 9.47. The Bertz CT molecular complexity index is 361. The van der Waals surface area contributed by atoms with Crippen molar-refractivity contribution < 1.29 is 9.84 Å². The van der Waals surface area contributed by atoms with Gasteiger partial charge in [-0.15, -0.1) is 0 Å². The molecule has 3 fully saturated rings. The van der Waals surface area contributed by atoms with E-state index in [0.717, 1.165) is 32.7 Å². The second-order valence-electron chi connectivity index (χ2n) is 7.96. The van der Waals surface area contributed by atoms with Crippen LogP contribution in [0.25, 0.3) is 0 Å². The molecule has 1 saturated carbocycles. The molecule has 3 aliphatic rings. The van der Waals surface area contributed by atoms with Crippen LogP contribution < -0.4 is 0 Å². The normalized spacial score (nSPS) is 34.6. The van der Waals surface area contributed by atoms with Gasteiger partial charge in [-0.25, -0.2) is 0 Å². The van der Waals surface area contributed by atoms with Crippen molar-refractivity contribution >= 4 is 11.8 Å². The Hall–Kier alpha value is 0.190. The van der Waals surface area contributed by atoms with E-state index in [9.17, 15) is 5.11 Å². The molecule has 2 saturated heterocycles. The summed E-state index contributed by atoms with van der Waals surface area (Å²) in [6.45, 7) is 10.1. The summed E-state index contributed by atoms with van der Waals surface area (Å²) in [7, 11) is 0. The summed E-state index contributed by atoms with van der Waals surface area (Å²) in [6.07, 6.45) is 7.28. The second-order valence-corrected chi connectivity index (χ2v) is 9.52. The van der Waals surface area contributed by atoms with Gasteiger partial charge in [0.25, 0.3) is 0 Å². The first-order chi connectivity index (χ1) is 11.0. The zero-order valence-electron chi connectivity index (χ0n) is 14.9. The average Bonchev–Trinajstić information content (AvgIpc) is 2.46. The number of hydrogen-bond donors (Lipinski definition) is 1. The molecule has 0 aromatic heterocycles. The molecule has 2 aliphatic heterocycles. The molecule has 1 aliphatic carbocycles. The zero-order chi connectivity index (χ0) is 16.3. The summed E-state index contributed by atoms with van der Waals surface area (Å²) in [4.78, 5) is 4.90. The van der Waals surface area contributed by atoms with E-state index in [1.807, 2.05) is 0 Å². The highest BCUT2D eigenvalue weighted by molar-refractivity contribution is 8.00. The van der Waals surface area contributed by atoms with Crippen LogP contribution in [0.1, 0.15) is 46.0 Å². The second kappa shape index (κ2) is 8.05. The zero-order valence-corrected chi connectivity index (χ0v) is 15.7. The molecule has 0 aromatic carbocycles. The van der Waals surface area contributed by atoms with Gasteiger partial charge in [-0.3, -0.25) is 9.80 Å². The number of thioether (sulfide) groups is 1. The number of hydrogen-bond acceptors (Lipinski definition) is 5. The first kappa shape index (κ1) is 18.0. The number of aliphatic hydroxyl groups is 1. The van der Waals surface area contributed by atoms with E-state index in [2.05, 4.69) is 35.4 Å². The predicted molar refractivity (Wildman–Crippen MR) is 97.2 cm³/mol. The molecular weight excluding hydrogens is 308 g/mol. The maximum absolute atomic E-state index is 10.6. The largest absolute Gasteiger partial charge is 0.390 e. The van der Waals surface area contributed by atoms with Gasteiger partial charge in [-0.05, 0) is 26.7 Å². The fraction of sp³-hybridized carbons (Fsp3) is 1.00. The van der Waals surface area contributed by atoms with E-state index >= 15 is 0 Å². The quantitative estimate of drug-likeness (QED) is 0.848. The van der Waals surface area contributed by atoms with Gasteiger partial charge in [0.2, 0.25) is 0 Å². The lowest BCUT2D eigenvalue weighted by Gasteiger charge is -2.45. The van der Waals surface area contributed by atoms with Crippen LogP contribution in [0.2, 0.25) is 0 Å². The molecule has 3 rings (SSSR count). The Morgan fingerprint density at radius 1 is 1.09 bits per heavy atom. The van der Waals surface area contributed by atoms with Crippen molar-refractivity contribution in [2.75, 3.05) is 45.0 Å². The Morgan fingerprint density at radius 3 is 2.43 bits per heavy atom. The summed E-state index contributed by atoms with van der Waals surface area (Å²) in [5.74, 6) is 1.23. The number of nitrogens with zero attached hydrogens (tertiary/aromatic N) is 2. The fourth-order valence-corrected chi connectivity index (χ4v) is 6.30. The predicted octanol–water partition coefficient (Wildman–Crippen LogP) is 2.21. The Balaban J connectivity index is 1.46. The highest BCUT2D eigenvalue weighted by Gasteiger charge is 2.37. The minimum atomic E-state index is -0.240. The van der Waals surface area contributed by atoms with Crippen LogP contribution in [0.4, 0.5) is 0 Å². The van der Waals surface area contributed by atoms with Crippen LogP contribution in [-0.4, -0.2) is 83.0 Å². The lowest BCUT2D eigenvalue weighted by Crippen LogP contribution is -2.53. The molecule has 3 atom stereocenters. The summed E-state index contributed by atoms with van der Waals surface area (Å²) in [6, 6.07) is 0. The molecule has 2 heterocycles. The van der Waals surface area contributed by atoms with Gasteiger partial charge in [0.1, 0.15) is 0 Å². The standard InChI is InChI=1S/C18H34N2O2S/c1-15-10-20(11-16(2)22-15)13-17(21)12-19-8-9-23-18(14-19)6-4-3-5-7-18/h15-17,21H,3-14H2,1-2H3. The van der Waals surface area contributed by atoms with Crippen molar-refractivity contribution in [1.29, 1.82) is 0 Å². The summed E-state index contributed by atoms with van der Waals surface area (Å²) >= 11 is 2.20. The molecule has 23 heavy (non-hydrogen) atoms. The molecule has 134 valence electrons. The SMILES string of the molecule is CC1CN(CC(O)CN2CCSC3(CCCCC3)C2)CC(C)O1. The van der Waals surface area contributed by atoms with Crippen LogP contribution in [0.3, 0.4) is 0 Å². The van der Waals surface area contributed by atoms with Crippen molar-refractivity contribution in [2.24, 2.45) is 0 Å². The van der Waals surface area contributed by atoms with Gasteiger partial charge in [-0.2, -0.15) is 11.8 Å². The maximum Gasteiger partial charge on any atom is 0.0793 e. The highest BCUT2D eigenvalue weighted by Crippen LogP contribution is 2.42. The average molecular weight is 343 g/mol. The smallest absolute Gasteiger partial charge is 0.0793 e. The first-order valence-corrected chi connectivity index (χ1v) is 10.5. The van der Waals surface area contributed by atoms with Gasteiger partial charge in [0, 0.05) is 49.8 Å². The van der Waals surface area contributed by atoms with Crippen molar-refractivity contribution in [3.63, 3.8) is 0 Å². The lowest BCUT2D eigenvalue weighted by molar-refractivity contribution is -0.0781. The number of aliphatic hydroxyl groups excluding tert-OH is 1. The molecule has 0 aromatic rings. The third-order valence-corrected chi connectivity index (χ3v) is 7.06. The molecular formula is C18H34N2O2S. The summed E-state index contributed by atoms with van der Waals surface area (Å²) < 4.78 is 6.28. The summed E-state index contributed by atoms with van der Waals surface area (Å²) in [5.41, 5.74) is 0. The van der Waals surface area contributed by atoms with Gasteiger partial charge in [0.05, 0.1) is 18.3 Å². The molecule has 1 spiro atoms. The Labute approximate surface area is 145 Å². The minimum Gasteiger partial charge on any atom is -0.390 e. The van der Waals surface area contributed by atoms with E-state index in [1.165, 1.54) is 44.4 Å². The minimum absolute atomic E-state index is 0.240. The van der Waals surface area contributed by atoms with Crippen molar-refractivity contribution in [3.8, 4) is 0 Å². The maximum atomic E-state index is 10.6. The lowest BCUT2D eigenvalue weighted by atomic mass is 9.87. The van der Waals surface area contributed by atoms with Crippen LogP contribution in [0.15, 0.2) is 0 Å². The highest BCUT2D eigenvalue weighted by atomic mass is 32.2. The topological polar surface area (TPSA) is 35.9 Å². The van der Waals surface area contributed by atoms with E-state index in [4.69, 9.17) is 4.74 Å². The van der Waals surface area contributed by atoms with Gasteiger partial charge in [0.15, 0.2) is 0 Å². The monoisotopic (exact) mass is 342 g/mol. The third-order valence-electron chi connectivity index (χ3n) is 5.53. The van der Waals surface area contributed by atoms with Crippen molar-refractivity contribution in [2.45, 2.75) is 69.0 Å². The van der Waals surface area contributed by atoms with Crippen LogP contribution in [0, 0.1) is 0 Å². The van der Waals surface area contributed by atoms with Gasteiger partial charge >= 0.3 is 0 Å². The molecule has 0 amide bonds. The number of ether oxygens (including phenoxy) is 1. The fourth-order valence-electron chi connectivity index (χ4n) is 4.67. The molecule has 3 unspecified atom stereocenters. The molecule has 4 nitrogen and oxygen atoms in total.